The van der Waals surface area contributed by atoms with E-state index in [2.05, 4.69) is 13.0 Å². The van der Waals surface area contributed by atoms with Crippen LogP contribution in [0, 0.1) is 6.92 Å². The van der Waals surface area contributed by atoms with Crippen LogP contribution in [-0.2, 0) is 12.2 Å². The second kappa shape index (κ2) is 6.63. The summed E-state index contributed by atoms with van der Waals surface area (Å²) in [5, 5.41) is 0. The van der Waals surface area contributed by atoms with Crippen LogP contribution in [0.4, 0.5) is 0 Å². The van der Waals surface area contributed by atoms with Crippen molar-refractivity contribution in [1.29, 1.82) is 0 Å². The van der Waals surface area contributed by atoms with E-state index in [0.717, 1.165) is 24.0 Å². The van der Waals surface area contributed by atoms with E-state index in [1.54, 1.807) is 0 Å². The molecular formula is C13H25N3. The van der Waals surface area contributed by atoms with Crippen LogP contribution in [0.3, 0.4) is 0 Å². The SMILES string of the molecule is CC.CCCc1cccc(C(N)(N)N)c1C. The van der Waals surface area contributed by atoms with Crippen molar-refractivity contribution in [2.75, 3.05) is 0 Å². The van der Waals surface area contributed by atoms with Crippen molar-refractivity contribution in [2.45, 2.75) is 46.3 Å². The Bertz CT molecular complexity index is 313. The molecule has 1 aromatic carbocycles. The second-order valence-electron chi connectivity index (χ2n) is 3.77. The van der Waals surface area contributed by atoms with E-state index >= 15 is 0 Å². The summed E-state index contributed by atoms with van der Waals surface area (Å²) in [6.45, 7) is 8.16. The van der Waals surface area contributed by atoms with Gasteiger partial charge in [0.1, 0.15) is 5.79 Å². The lowest BCUT2D eigenvalue weighted by atomic mass is 9.96. The molecule has 0 spiro atoms. The van der Waals surface area contributed by atoms with Crippen molar-refractivity contribution in [2.24, 2.45) is 17.2 Å². The summed E-state index contributed by atoms with van der Waals surface area (Å²) in [4.78, 5) is 0. The van der Waals surface area contributed by atoms with Crippen LogP contribution in [0.15, 0.2) is 18.2 Å². The molecule has 16 heavy (non-hydrogen) atoms. The van der Waals surface area contributed by atoms with E-state index in [1.807, 2.05) is 32.9 Å². The van der Waals surface area contributed by atoms with Gasteiger partial charge in [-0.2, -0.15) is 0 Å². The summed E-state index contributed by atoms with van der Waals surface area (Å²) in [6.07, 6.45) is 2.15. The maximum Gasteiger partial charge on any atom is 0.143 e. The number of hydrogen-bond acceptors (Lipinski definition) is 3. The minimum absolute atomic E-state index is 0.823. The number of aryl methyl sites for hydroxylation is 1. The highest BCUT2D eigenvalue weighted by Gasteiger charge is 2.18. The molecule has 92 valence electrons. The van der Waals surface area contributed by atoms with Crippen molar-refractivity contribution < 1.29 is 0 Å². The van der Waals surface area contributed by atoms with Crippen molar-refractivity contribution in [3.63, 3.8) is 0 Å². The second-order valence-corrected chi connectivity index (χ2v) is 3.77. The van der Waals surface area contributed by atoms with Crippen molar-refractivity contribution in [3.05, 3.63) is 34.9 Å². The van der Waals surface area contributed by atoms with Crippen molar-refractivity contribution in [1.82, 2.24) is 0 Å². The van der Waals surface area contributed by atoms with E-state index in [4.69, 9.17) is 17.2 Å². The molecule has 3 nitrogen and oxygen atoms in total. The molecule has 0 aliphatic rings. The first kappa shape index (κ1) is 15.1. The average Bonchev–Trinajstić information content (AvgIpc) is 2.23. The van der Waals surface area contributed by atoms with Crippen LogP contribution >= 0.6 is 0 Å². The zero-order valence-corrected chi connectivity index (χ0v) is 10.9. The Labute approximate surface area is 99.0 Å². The Balaban J connectivity index is 0.00000106. The molecule has 0 saturated heterocycles. The van der Waals surface area contributed by atoms with Gasteiger partial charge in [0.05, 0.1) is 0 Å². The molecule has 0 aliphatic carbocycles. The molecule has 0 aliphatic heterocycles. The van der Waals surface area contributed by atoms with Gasteiger partial charge >= 0.3 is 0 Å². The molecule has 0 atom stereocenters. The summed E-state index contributed by atoms with van der Waals surface area (Å²) in [5.41, 5.74) is 20.2. The lowest BCUT2D eigenvalue weighted by molar-refractivity contribution is 0.485. The standard InChI is InChI=1S/C11H19N3.C2H6/c1-3-5-9-6-4-7-10(8(9)2)11(12,13)14;1-2/h4,6-7H,3,5,12-14H2,1-2H3;1-2H3. The molecule has 0 fully saturated rings. The summed E-state index contributed by atoms with van der Waals surface area (Å²) >= 11 is 0. The highest BCUT2D eigenvalue weighted by atomic mass is 15.1. The first-order chi connectivity index (χ1) is 7.46. The Morgan fingerprint density at radius 1 is 1.12 bits per heavy atom. The minimum atomic E-state index is -1.23. The van der Waals surface area contributed by atoms with E-state index < -0.39 is 5.79 Å². The summed E-state index contributed by atoms with van der Waals surface area (Å²) in [7, 11) is 0. The highest BCUT2D eigenvalue weighted by Crippen LogP contribution is 2.18. The third-order valence-electron chi connectivity index (χ3n) is 2.43. The van der Waals surface area contributed by atoms with Crippen LogP contribution in [-0.4, -0.2) is 0 Å². The largest absolute Gasteiger partial charge is 0.297 e. The molecule has 1 aromatic rings. The minimum Gasteiger partial charge on any atom is -0.297 e. The van der Waals surface area contributed by atoms with Crippen LogP contribution < -0.4 is 17.2 Å². The molecule has 0 radical (unpaired) electrons. The molecule has 0 unspecified atom stereocenters. The van der Waals surface area contributed by atoms with E-state index in [0.29, 0.717) is 0 Å². The van der Waals surface area contributed by atoms with Gasteiger partial charge in [0.15, 0.2) is 0 Å². The van der Waals surface area contributed by atoms with Crippen molar-refractivity contribution in [3.8, 4) is 0 Å². The Hall–Kier alpha value is -0.900. The zero-order valence-electron chi connectivity index (χ0n) is 10.9. The van der Waals surface area contributed by atoms with Gasteiger partial charge in [0.25, 0.3) is 0 Å². The average molecular weight is 223 g/mol. The van der Waals surface area contributed by atoms with E-state index in [9.17, 15) is 0 Å². The van der Waals surface area contributed by atoms with Crippen LogP contribution in [0.2, 0.25) is 0 Å². The van der Waals surface area contributed by atoms with Gasteiger partial charge in [-0.25, -0.2) is 0 Å². The Morgan fingerprint density at radius 3 is 2.12 bits per heavy atom. The fourth-order valence-corrected chi connectivity index (χ4v) is 1.69. The molecule has 3 heteroatoms. The van der Waals surface area contributed by atoms with Crippen LogP contribution in [0.25, 0.3) is 0 Å². The third kappa shape index (κ3) is 3.93. The maximum atomic E-state index is 5.68. The van der Waals surface area contributed by atoms with Gasteiger partial charge < -0.3 is 0 Å². The predicted molar refractivity (Wildman–Crippen MR) is 70.8 cm³/mol. The van der Waals surface area contributed by atoms with E-state index in [1.165, 1.54) is 5.56 Å². The molecule has 0 amide bonds. The Morgan fingerprint density at radius 2 is 1.69 bits per heavy atom. The number of nitrogens with two attached hydrogens (primary N) is 3. The predicted octanol–water partition coefficient (Wildman–Crippen LogP) is 1.96. The van der Waals surface area contributed by atoms with Gasteiger partial charge in [-0.3, -0.25) is 17.2 Å². The molecular weight excluding hydrogens is 198 g/mol. The first-order valence-corrected chi connectivity index (χ1v) is 5.92. The Kier molecular flexibility index (Phi) is 6.26. The van der Waals surface area contributed by atoms with E-state index in [-0.39, 0.29) is 0 Å². The molecule has 0 saturated carbocycles. The third-order valence-corrected chi connectivity index (χ3v) is 2.43. The monoisotopic (exact) mass is 223 g/mol. The summed E-state index contributed by atoms with van der Waals surface area (Å²) in [6, 6.07) is 5.93. The fourth-order valence-electron chi connectivity index (χ4n) is 1.69. The van der Waals surface area contributed by atoms with Gasteiger partial charge in [0.2, 0.25) is 0 Å². The molecule has 0 heterocycles. The van der Waals surface area contributed by atoms with Crippen molar-refractivity contribution >= 4 is 0 Å². The normalized spacial score (nSPS) is 10.7. The number of hydrogen-bond donors (Lipinski definition) is 3. The maximum absolute atomic E-state index is 5.68. The first-order valence-electron chi connectivity index (χ1n) is 5.92. The molecule has 1 rings (SSSR count). The number of rotatable bonds is 3. The zero-order chi connectivity index (χ0) is 12.8. The molecule has 0 bridgehead atoms. The van der Waals surface area contributed by atoms with Crippen LogP contribution in [0.1, 0.15) is 43.9 Å². The fraction of sp³-hybridized carbons (Fsp3) is 0.538. The topological polar surface area (TPSA) is 78.1 Å². The lowest BCUT2D eigenvalue weighted by Crippen LogP contribution is -2.54. The number of benzene rings is 1. The molecule has 6 N–H and O–H groups in total. The van der Waals surface area contributed by atoms with Gasteiger partial charge in [-0.05, 0) is 24.5 Å². The molecule has 0 aromatic heterocycles. The summed E-state index contributed by atoms with van der Waals surface area (Å²) in [5.74, 6) is -1.23. The summed E-state index contributed by atoms with van der Waals surface area (Å²) < 4.78 is 0. The van der Waals surface area contributed by atoms with Gasteiger partial charge in [-0.1, -0.05) is 45.4 Å². The highest BCUT2D eigenvalue weighted by molar-refractivity contribution is 5.37. The lowest BCUT2D eigenvalue weighted by Gasteiger charge is -2.22. The van der Waals surface area contributed by atoms with Gasteiger partial charge in [0, 0.05) is 5.56 Å². The van der Waals surface area contributed by atoms with Crippen LogP contribution in [0.5, 0.6) is 0 Å². The van der Waals surface area contributed by atoms with Gasteiger partial charge in [-0.15, -0.1) is 0 Å². The quantitative estimate of drug-likeness (QED) is 0.685. The smallest absolute Gasteiger partial charge is 0.143 e.